The molecule has 13 heteroatoms. The summed E-state index contributed by atoms with van der Waals surface area (Å²) in [6, 6.07) is 15.0. The van der Waals surface area contributed by atoms with Crippen molar-refractivity contribution in [3.63, 3.8) is 0 Å². The van der Waals surface area contributed by atoms with Crippen LogP contribution in [0.5, 0.6) is 0 Å². The minimum absolute atomic E-state index is 0.0190. The van der Waals surface area contributed by atoms with Crippen molar-refractivity contribution in [3.05, 3.63) is 72.2 Å². The summed E-state index contributed by atoms with van der Waals surface area (Å²) < 4.78 is 24.0. The SMILES string of the molecule is CCOC(=O)N1CCN(C(=O)C(CCC(=O)OC(C)(C)C)NC(=O)c2cc(Nc3ccc(F)cc3)nc(-c3ccccc3)n2)CC1. The second-order valence-corrected chi connectivity index (χ2v) is 11.6. The van der Waals surface area contributed by atoms with Crippen LogP contribution in [0.2, 0.25) is 0 Å². The number of esters is 1. The van der Waals surface area contributed by atoms with Crippen molar-refractivity contribution < 1.29 is 33.0 Å². The Labute approximate surface area is 267 Å². The fraction of sp³-hybridized carbons (Fsp3) is 0.394. The Hall–Kier alpha value is -5.07. The van der Waals surface area contributed by atoms with E-state index in [2.05, 4.69) is 20.6 Å². The number of benzene rings is 2. The van der Waals surface area contributed by atoms with Gasteiger partial charge in [-0.05, 0) is 58.4 Å². The lowest BCUT2D eigenvalue weighted by molar-refractivity contribution is -0.155. The third-order valence-corrected chi connectivity index (χ3v) is 6.89. The number of anilines is 2. The van der Waals surface area contributed by atoms with Crippen LogP contribution in [-0.4, -0.2) is 88.1 Å². The first-order valence-electron chi connectivity index (χ1n) is 15.1. The van der Waals surface area contributed by atoms with Crippen LogP contribution in [0.4, 0.5) is 20.7 Å². The Kier molecular flexibility index (Phi) is 11.2. The quantitative estimate of drug-likeness (QED) is 0.307. The first kappa shape index (κ1) is 33.8. The van der Waals surface area contributed by atoms with Gasteiger partial charge in [-0.1, -0.05) is 30.3 Å². The zero-order valence-corrected chi connectivity index (χ0v) is 26.4. The number of amides is 3. The summed E-state index contributed by atoms with van der Waals surface area (Å²) in [5.41, 5.74) is 0.446. The van der Waals surface area contributed by atoms with Crippen LogP contribution >= 0.6 is 0 Å². The van der Waals surface area contributed by atoms with E-state index >= 15 is 0 Å². The van der Waals surface area contributed by atoms with Gasteiger partial charge >= 0.3 is 12.1 Å². The van der Waals surface area contributed by atoms with E-state index in [-0.39, 0.29) is 63.0 Å². The normalized spacial score (nSPS) is 13.8. The zero-order chi connectivity index (χ0) is 33.3. The number of nitrogens with zero attached hydrogens (tertiary/aromatic N) is 4. The van der Waals surface area contributed by atoms with Gasteiger partial charge in [-0.15, -0.1) is 0 Å². The van der Waals surface area contributed by atoms with Crippen molar-refractivity contribution in [1.82, 2.24) is 25.1 Å². The number of aromatic nitrogens is 2. The van der Waals surface area contributed by atoms with E-state index < -0.39 is 41.3 Å². The van der Waals surface area contributed by atoms with E-state index in [4.69, 9.17) is 9.47 Å². The van der Waals surface area contributed by atoms with Crippen LogP contribution in [-0.2, 0) is 19.1 Å². The number of carbonyl (C=O) groups excluding carboxylic acids is 4. The molecule has 244 valence electrons. The average Bonchev–Trinajstić information content (AvgIpc) is 3.03. The van der Waals surface area contributed by atoms with Crippen molar-refractivity contribution in [3.8, 4) is 11.4 Å². The average molecular weight is 635 g/mol. The maximum Gasteiger partial charge on any atom is 0.409 e. The van der Waals surface area contributed by atoms with Crippen LogP contribution in [0.3, 0.4) is 0 Å². The molecule has 1 fully saturated rings. The van der Waals surface area contributed by atoms with Crippen LogP contribution in [0, 0.1) is 5.82 Å². The predicted molar refractivity (Wildman–Crippen MR) is 169 cm³/mol. The fourth-order valence-electron chi connectivity index (χ4n) is 4.71. The predicted octanol–water partition coefficient (Wildman–Crippen LogP) is 4.55. The molecule has 4 rings (SSSR count). The number of hydrogen-bond donors (Lipinski definition) is 2. The third kappa shape index (κ3) is 9.71. The van der Waals surface area contributed by atoms with Crippen molar-refractivity contribution in [2.24, 2.45) is 0 Å². The van der Waals surface area contributed by atoms with Crippen molar-refractivity contribution in [2.45, 2.75) is 52.2 Å². The van der Waals surface area contributed by atoms with Gasteiger partial charge in [0.2, 0.25) is 5.91 Å². The molecule has 1 aliphatic rings. The molecule has 46 heavy (non-hydrogen) atoms. The molecule has 1 atom stereocenters. The van der Waals surface area contributed by atoms with Gasteiger partial charge in [-0.2, -0.15) is 0 Å². The minimum Gasteiger partial charge on any atom is -0.460 e. The molecule has 0 bridgehead atoms. The zero-order valence-electron chi connectivity index (χ0n) is 26.4. The maximum absolute atomic E-state index is 13.7. The third-order valence-electron chi connectivity index (χ3n) is 6.89. The van der Waals surface area contributed by atoms with Gasteiger partial charge in [0.1, 0.15) is 29.0 Å². The lowest BCUT2D eigenvalue weighted by Gasteiger charge is -2.36. The minimum atomic E-state index is -1.09. The smallest absolute Gasteiger partial charge is 0.409 e. The Morgan fingerprint density at radius 1 is 0.935 bits per heavy atom. The molecule has 1 aliphatic heterocycles. The highest BCUT2D eigenvalue weighted by Crippen LogP contribution is 2.22. The van der Waals surface area contributed by atoms with E-state index in [0.29, 0.717) is 11.3 Å². The molecule has 2 heterocycles. The van der Waals surface area contributed by atoms with Gasteiger partial charge in [0, 0.05) is 49.9 Å². The molecule has 12 nitrogen and oxygen atoms in total. The van der Waals surface area contributed by atoms with Gasteiger partial charge in [0.15, 0.2) is 5.82 Å². The van der Waals surface area contributed by atoms with E-state index in [1.807, 2.05) is 18.2 Å². The maximum atomic E-state index is 13.7. The van der Waals surface area contributed by atoms with E-state index in [1.54, 1.807) is 44.7 Å². The van der Waals surface area contributed by atoms with Crippen LogP contribution in [0.25, 0.3) is 11.4 Å². The summed E-state index contributed by atoms with van der Waals surface area (Å²) >= 11 is 0. The Balaban J connectivity index is 1.57. The molecule has 1 saturated heterocycles. The van der Waals surface area contributed by atoms with Gasteiger partial charge in [0.25, 0.3) is 5.91 Å². The number of nitrogens with one attached hydrogen (secondary N) is 2. The topological polar surface area (TPSA) is 143 Å². The molecule has 3 amide bonds. The Bertz CT molecular complexity index is 1520. The largest absolute Gasteiger partial charge is 0.460 e. The lowest BCUT2D eigenvalue weighted by Crippen LogP contribution is -2.56. The molecular formula is C33H39FN6O6. The molecule has 3 aromatic rings. The van der Waals surface area contributed by atoms with Gasteiger partial charge in [0.05, 0.1) is 6.61 Å². The van der Waals surface area contributed by atoms with Crippen molar-refractivity contribution >= 4 is 35.4 Å². The number of piperazine rings is 1. The highest BCUT2D eigenvalue weighted by molar-refractivity contribution is 5.97. The van der Waals surface area contributed by atoms with E-state index in [0.717, 1.165) is 0 Å². The Morgan fingerprint density at radius 2 is 1.59 bits per heavy atom. The van der Waals surface area contributed by atoms with Crippen molar-refractivity contribution in [1.29, 1.82) is 0 Å². The molecule has 1 unspecified atom stereocenters. The number of carbonyl (C=O) groups is 4. The summed E-state index contributed by atoms with van der Waals surface area (Å²) in [4.78, 5) is 64.3. The van der Waals surface area contributed by atoms with Gasteiger partial charge < -0.3 is 29.9 Å². The van der Waals surface area contributed by atoms with Crippen LogP contribution < -0.4 is 10.6 Å². The highest BCUT2D eigenvalue weighted by Gasteiger charge is 2.32. The second-order valence-electron chi connectivity index (χ2n) is 11.6. The standard InChI is InChI=1S/C33H39FN6O6/c1-5-45-32(44)40-19-17-39(18-20-40)31(43)25(15-16-28(41)46-33(2,3)4)37-30(42)26-21-27(35-24-13-11-23(34)12-14-24)38-29(36-26)22-9-7-6-8-10-22/h6-14,21,25H,5,15-20H2,1-4H3,(H,37,42)(H,35,36,38). The Morgan fingerprint density at radius 3 is 2.22 bits per heavy atom. The summed E-state index contributed by atoms with van der Waals surface area (Å²) in [6.45, 7) is 8.19. The van der Waals surface area contributed by atoms with Gasteiger partial charge in [-0.25, -0.2) is 19.2 Å². The fourth-order valence-corrected chi connectivity index (χ4v) is 4.71. The molecule has 2 aromatic carbocycles. The first-order chi connectivity index (χ1) is 21.9. The van der Waals surface area contributed by atoms with Gasteiger partial charge in [-0.3, -0.25) is 14.4 Å². The summed E-state index contributed by atoms with van der Waals surface area (Å²) in [6.07, 6.45) is -0.588. The van der Waals surface area contributed by atoms with E-state index in [9.17, 15) is 23.6 Å². The lowest BCUT2D eigenvalue weighted by atomic mass is 10.1. The monoisotopic (exact) mass is 634 g/mol. The molecule has 2 N–H and O–H groups in total. The molecule has 0 radical (unpaired) electrons. The molecule has 0 aliphatic carbocycles. The summed E-state index contributed by atoms with van der Waals surface area (Å²) in [5, 5.41) is 5.84. The molecular weight excluding hydrogens is 595 g/mol. The second kappa shape index (κ2) is 15.3. The molecule has 1 aromatic heterocycles. The summed E-state index contributed by atoms with van der Waals surface area (Å²) in [7, 11) is 0. The molecule has 0 spiro atoms. The van der Waals surface area contributed by atoms with Crippen LogP contribution in [0.1, 0.15) is 51.0 Å². The number of hydrogen-bond acceptors (Lipinski definition) is 9. The molecule has 0 saturated carbocycles. The van der Waals surface area contributed by atoms with Crippen molar-refractivity contribution in [2.75, 3.05) is 38.1 Å². The highest BCUT2D eigenvalue weighted by atomic mass is 19.1. The number of rotatable bonds is 10. The van der Waals surface area contributed by atoms with Crippen LogP contribution in [0.15, 0.2) is 60.7 Å². The van der Waals surface area contributed by atoms with E-state index in [1.165, 1.54) is 35.2 Å². The summed E-state index contributed by atoms with van der Waals surface area (Å²) in [5.74, 6) is -1.44. The number of halogens is 1. The number of ether oxygens (including phenoxy) is 2. The first-order valence-corrected chi connectivity index (χ1v) is 15.1.